The molecule has 0 saturated heterocycles. The van der Waals surface area contributed by atoms with Crippen molar-refractivity contribution in [3.63, 3.8) is 0 Å². The van der Waals surface area contributed by atoms with Crippen molar-refractivity contribution in [2.45, 2.75) is 6.42 Å². The average molecular weight is 393 g/mol. The van der Waals surface area contributed by atoms with Gasteiger partial charge in [0.05, 0.1) is 32.0 Å². The lowest BCUT2D eigenvalue weighted by molar-refractivity contribution is -0.136. The van der Waals surface area contributed by atoms with Gasteiger partial charge in [0, 0.05) is 18.7 Å². The standard InChI is InChI=1S/C19H21ClN2O5/c1-25-13-6-4-5-12(9-13)7-8-21-18(23)19(24)22-15-11-16(26-2)14(20)10-17(15)27-3/h4-6,9-11H,7-8H2,1-3H3,(H,21,23)(H,22,24). The second kappa shape index (κ2) is 9.68. The zero-order valence-electron chi connectivity index (χ0n) is 15.3. The maximum Gasteiger partial charge on any atom is 0.313 e. The summed E-state index contributed by atoms with van der Waals surface area (Å²) >= 11 is 6.02. The third-order valence-electron chi connectivity index (χ3n) is 3.76. The monoisotopic (exact) mass is 392 g/mol. The Balaban J connectivity index is 1.94. The molecular weight excluding hydrogens is 372 g/mol. The largest absolute Gasteiger partial charge is 0.497 e. The number of amides is 2. The molecule has 144 valence electrons. The Labute approximate surface area is 162 Å². The molecule has 0 heterocycles. The Hall–Kier alpha value is -2.93. The smallest absolute Gasteiger partial charge is 0.313 e. The van der Waals surface area contributed by atoms with Gasteiger partial charge in [0.1, 0.15) is 17.2 Å². The summed E-state index contributed by atoms with van der Waals surface area (Å²) in [6, 6.07) is 10.5. The second-order valence-corrected chi connectivity index (χ2v) is 5.91. The van der Waals surface area contributed by atoms with E-state index in [4.69, 9.17) is 25.8 Å². The van der Waals surface area contributed by atoms with Crippen molar-refractivity contribution in [2.24, 2.45) is 0 Å². The summed E-state index contributed by atoms with van der Waals surface area (Å²) in [5.41, 5.74) is 1.27. The van der Waals surface area contributed by atoms with Crippen LogP contribution in [0.3, 0.4) is 0 Å². The molecule has 2 N–H and O–H groups in total. The van der Waals surface area contributed by atoms with Crippen LogP contribution in [0.5, 0.6) is 17.2 Å². The molecule has 0 aliphatic carbocycles. The number of ether oxygens (including phenoxy) is 3. The van der Waals surface area contributed by atoms with Crippen LogP contribution < -0.4 is 24.8 Å². The number of nitrogens with one attached hydrogen (secondary N) is 2. The highest BCUT2D eigenvalue weighted by molar-refractivity contribution is 6.40. The lowest BCUT2D eigenvalue weighted by atomic mass is 10.1. The highest BCUT2D eigenvalue weighted by atomic mass is 35.5. The molecule has 2 amide bonds. The van der Waals surface area contributed by atoms with Crippen molar-refractivity contribution in [2.75, 3.05) is 33.2 Å². The zero-order valence-corrected chi connectivity index (χ0v) is 16.1. The predicted octanol–water partition coefficient (Wildman–Crippen LogP) is 2.66. The van der Waals surface area contributed by atoms with Gasteiger partial charge < -0.3 is 24.8 Å². The number of halogens is 1. The lowest BCUT2D eigenvalue weighted by Crippen LogP contribution is -2.36. The highest BCUT2D eigenvalue weighted by Gasteiger charge is 2.17. The van der Waals surface area contributed by atoms with Crippen LogP contribution >= 0.6 is 11.6 Å². The molecule has 0 aromatic heterocycles. The number of anilines is 1. The van der Waals surface area contributed by atoms with E-state index in [0.717, 1.165) is 11.3 Å². The van der Waals surface area contributed by atoms with Gasteiger partial charge in [0.15, 0.2) is 0 Å². The summed E-state index contributed by atoms with van der Waals surface area (Å²) in [4.78, 5) is 24.2. The first-order valence-electron chi connectivity index (χ1n) is 8.12. The summed E-state index contributed by atoms with van der Waals surface area (Å²) in [7, 11) is 4.47. The molecule has 0 radical (unpaired) electrons. The van der Waals surface area contributed by atoms with Gasteiger partial charge >= 0.3 is 11.8 Å². The molecule has 2 aromatic rings. The molecule has 2 aromatic carbocycles. The van der Waals surface area contributed by atoms with Crippen molar-refractivity contribution >= 4 is 29.1 Å². The van der Waals surface area contributed by atoms with E-state index < -0.39 is 11.8 Å². The van der Waals surface area contributed by atoms with E-state index in [9.17, 15) is 9.59 Å². The van der Waals surface area contributed by atoms with Gasteiger partial charge in [-0.05, 0) is 24.1 Å². The van der Waals surface area contributed by atoms with Gasteiger partial charge in [0.2, 0.25) is 0 Å². The maximum absolute atomic E-state index is 12.1. The van der Waals surface area contributed by atoms with Crippen LogP contribution in [0.25, 0.3) is 0 Å². The fraction of sp³-hybridized carbons (Fsp3) is 0.263. The van der Waals surface area contributed by atoms with Crippen LogP contribution in [0, 0.1) is 0 Å². The summed E-state index contributed by atoms with van der Waals surface area (Å²) in [6.45, 7) is 0.306. The quantitative estimate of drug-likeness (QED) is 0.707. The minimum Gasteiger partial charge on any atom is -0.497 e. The molecule has 0 bridgehead atoms. The van der Waals surface area contributed by atoms with E-state index >= 15 is 0 Å². The van der Waals surface area contributed by atoms with Gasteiger partial charge in [-0.3, -0.25) is 9.59 Å². The van der Waals surface area contributed by atoms with E-state index in [1.807, 2.05) is 24.3 Å². The third-order valence-corrected chi connectivity index (χ3v) is 4.06. The van der Waals surface area contributed by atoms with Crippen molar-refractivity contribution in [3.8, 4) is 17.2 Å². The van der Waals surface area contributed by atoms with E-state index in [2.05, 4.69) is 10.6 Å². The normalized spacial score (nSPS) is 10.1. The molecule has 27 heavy (non-hydrogen) atoms. The predicted molar refractivity (Wildman–Crippen MR) is 103 cm³/mol. The van der Waals surface area contributed by atoms with E-state index in [1.165, 1.54) is 26.4 Å². The topological polar surface area (TPSA) is 85.9 Å². The number of hydrogen-bond donors (Lipinski definition) is 2. The summed E-state index contributed by atoms with van der Waals surface area (Å²) in [5.74, 6) is -0.165. The van der Waals surface area contributed by atoms with Gasteiger partial charge in [-0.1, -0.05) is 23.7 Å². The molecule has 0 saturated carbocycles. The molecule has 0 atom stereocenters. The molecule has 0 fully saturated rings. The van der Waals surface area contributed by atoms with Gasteiger partial charge in [-0.25, -0.2) is 0 Å². The Kier molecular flexibility index (Phi) is 7.31. The fourth-order valence-electron chi connectivity index (χ4n) is 2.37. The zero-order chi connectivity index (χ0) is 19.8. The summed E-state index contributed by atoms with van der Waals surface area (Å²) in [6.07, 6.45) is 0.564. The molecule has 2 rings (SSSR count). The average Bonchev–Trinajstić information content (AvgIpc) is 2.68. The molecule has 0 spiro atoms. The Bertz CT molecular complexity index is 826. The fourth-order valence-corrected chi connectivity index (χ4v) is 2.60. The number of carbonyl (C=O) groups is 2. The second-order valence-electron chi connectivity index (χ2n) is 5.50. The molecule has 8 heteroatoms. The Morgan fingerprint density at radius 1 is 0.963 bits per heavy atom. The highest BCUT2D eigenvalue weighted by Crippen LogP contribution is 2.35. The van der Waals surface area contributed by atoms with Crippen LogP contribution in [-0.2, 0) is 16.0 Å². The number of benzene rings is 2. The number of rotatable bonds is 7. The Morgan fingerprint density at radius 2 is 1.70 bits per heavy atom. The summed E-state index contributed by atoms with van der Waals surface area (Å²) in [5, 5.41) is 5.40. The Morgan fingerprint density at radius 3 is 2.37 bits per heavy atom. The van der Waals surface area contributed by atoms with E-state index in [1.54, 1.807) is 7.11 Å². The summed E-state index contributed by atoms with van der Waals surface area (Å²) < 4.78 is 15.4. The molecule has 7 nitrogen and oxygen atoms in total. The van der Waals surface area contributed by atoms with Crippen LogP contribution in [0.4, 0.5) is 5.69 Å². The minimum absolute atomic E-state index is 0.284. The van der Waals surface area contributed by atoms with E-state index in [0.29, 0.717) is 29.5 Å². The first-order chi connectivity index (χ1) is 13.0. The third kappa shape index (κ3) is 5.52. The van der Waals surface area contributed by atoms with Crippen LogP contribution in [0.1, 0.15) is 5.56 Å². The number of hydrogen-bond acceptors (Lipinski definition) is 5. The maximum atomic E-state index is 12.1. The molecular formula is C19H21ClN2O5. The van der Waals surface area contributed by atoms with Crippen molar-refractivity contribution < 1.29 is 23.8 Å². The van der Waals surface area contributed by atoms with Gasteiger partial charge in [-0.2, -0.15) is 0 Å². The minimum atomic E-state index is -0.816. The number of methoxy groups -OCH3 is 3. The van der Waals surface area contributed by atoms with Crippen molar-refractivity contribution in [3.05, 3.63) is 47.0 Å². The first kappa shape index (κ1) is 20.4. The van der Waals surface area contributed by atoms with Crippen molar-refractivity contribution in [1.82, 2.24) is 5.32 Å². The van der Waals surface area contributed by atoms with Crippen LogP contribution in [-0.4, -0.2) is 39.7 Å². The molecule has 0 aliphatic rings. The van der Waals surface area contributed by atoms with Crippen LogP contribution in [0.2, 0.25) is 5.02 Å². The lowest BCUT2D eigenvalue weighted by Gasteiger charge is -2.13. The SMILES string of the molecule is COc1cccc(CCNC(=O)C(=O)Nc2cc(OC)c(Cl)cc2OC)c1. The molecule has 0 unspecified atom stereocenters. The van der Waals surface area contributed by atoms with E-state index in [-0.39, 0.29) is 5.69 Å². The first-order valence-corrected chi connectivity index (χ1v) is 8.50. The number of carbonyl (C=O) groups excluding carboxylic acids is 2. The van der Waals surface area contributed by atoms with Crippen molar-refractivity contribution in [1.29, 1.82) is 0 Å². The van der Waals surface area contributed by atoms with Gasteiger partial charge in [0.25, 0.3) is 0 Å². The van der Waals surface area contributed by atoms with Crippen LogP contribution in [0.15, 0.2) is 36.4 Å². The molecule has 0 aliphatic heterocycles. The van der Waals surface area contributed by atoms with Gasteiger partial charge in [-0.15, -0.1) is 0 Å².